The van der Waals surface area contributed by atoms with Gasteiger partial charge in [0.2, 0.25) is 5.91 Å². The second-order valence-corrected chi connectivity index (χ2v) is 5.83. The summed E-state index contributed by atoms with van der Waals surface area (Å²) in [5, 5.41) is 7.05. The van der Waals surface area contributed by atoms with Crippen LogP contribution in [0.25, 0.3) is 0 Å². The number of nitrogens with one attached hydrogen (secondary N) is 1. The Morgan fingerprint density at radius 2 is 2.36 bits per heavy atom. The number of likely N-dealkylation sites (tertiary alicyclic amines) is 1. The zero-order valence-corrected chi connectivity index (χ0v) is 13.0. The molecule has 1 atom stereocenters. The second kappa shape index (κ2) is 6.77. The predicted molar refractivity (Wildman–Crippen MR) is 83.4 cm³/mol. The number of H-pyrrole nitrogens is 1. The zero-order chi connectivity index (χ0) is 15.4. The summed E-state index contributed by atoms with van der Waals surface area (Å²) in [7, 11) is 0. The summed E-state index contributed by atoms with van der Waals surface area (Å²) in [6, 6.07) is 2.01. The Morgan fingerprint density at radius 1 is 1.45 bits per heavy atom. The Hall–Kier alpha value is -2.11. The lowest BCUT2D eigenvalue weighted by atomic mass is 9.95. The Labute approximate surface area is 130 Å². The third-order valence-corrected chi connectivity index (χ3v) is 4.42. The third-order valence-electron chi connectivity index (χ3n) is 4.42. The Kier molecular flexibility index (Phi) is 4.56. The third kappa shape index (κ3) is 3.21. The van der Waals surface area contributed by atoms with Gasteiger partial charge in [-0.25, -0.2) is 4.98 Å². The molecule has 6 heteroatoms. The highest BCUT2D eigenvalue weighted by Gasteiger charge is 2.25. The van der Waals surface area contributed by atoms with E-state index in [0.29, 0.717) is 18.9 Å². The van der Waals surface area contributed by atoms with E-state index < -0.39 is 0 Å². The zero-order valence-electron chi connectivity index (χ0n) is 13.0. The predicted octanol–water partition coefficient (Wildman–Crippen LogP) is 1.96. The highest BCUT2D eigenvalue weighted by Crippen LogP contribution is 2.25. The molecule has 0 saturated carbocycles. The lowest BCUT2D eigenvalue weighted by Crippen LogP contribution is -2.39. The van der Waals surface area contributed by atoms with Crippen molar-refractivity contribution in [3.63, 3.8) is 0 Å². The lowest BCUT2D eigenvalue weighted by molar-refractivity contribution is -0.132. The first-order valence-electron chi connectivity index (χ1n) is 8.05. The molecule has 1 N–H and O–H groups in total. The van der Waals surface area contributed by atoms with E-state index in [4.69, 9.17) is 0 Å². The van der Waals surface area contributed by atoms with Crippen molar-refractivity contribution in [1.82, 2.24) is 24.6 Å². The van der Waals surface area contributed by atoms with Crippen molar-refractivity contribution >= 4 is 5.91 Å². The van der Waals surface area contributed by atoms with Crippen molar-refractivity contribution in [3.8, 4) is 0 Å². The minimum Gasteiger partial charge on any atom is -0.342 e. The van der Waals surface area contributed by atoms with Crippen LogP contribution in [0.15, 0.2) is 24.7 Å². The van der Waals surface area contributed by atoms with Crippen molar-refractivity contribution in [2.45, 2.75) is 45.1 Å². The number of carbonyl (C=O) groups excluding carboxylic acids is 1. The Morgan fingerprint density at radius 3 is 3.14 bits per heavy atom. The average molecular weight is 301 g/mol. The summed E-state index contributed by atoms with van der Waals surface area (Å²) in [5.74, 6) is 1.67. The van der Waals surface area contributed by atoms with Crippen molar-refractivity contribution in [3.05, 3.63) is 36.2 Å². The summed E-state index contributed by atoms with van der Waals surface area (Å²) in [6.45, 7) is 4.47. The first-order valence-corrected chi connectivity index (χ1v) is 8.05. The number of aromatic amines is 1. The van der Waals surface area contributed by atoms with Crippen LogP contribution in [-0.2, 0) is 17.8 Å². The van der Waals surface area contributed by atoms with Crippen LogP contribution in [-0.4, -0.2) is 43.6 Å². The summed E-state index contributed by atoms with van der Waals surface area (Å²) < 4.78 is 2.08. The van der Waals surface area contributed by atoms with Crippen LogP contribution in [0.4, 0.5) is 0 Å². The quantitative estimate of drug-likeness (QED) is 0.918. The molecule has 0 spiro atoms. The van der Waals surface area contributed by atoms with Crippen LogP contribution in [0.1, 0.15) is 43.6 Å². The first-order chi connectivity index (χ1) is 10.8. The minimum atomic E-state index is 0.236. The molecule has 0 aromatic carbocycles. The molecule has 2 aromatic heterocycles. The van der Waals surface area contributed by atoms with Crippen molar-refractivity contribution in [2.24, 2.45) is 0 Å². The second-order valence-electron chi connectivity index (χ2n) is 5.83. The number of hydrogen-bond acceptors (Lipinski definition) is 3. The first kappa shape index (κ1) is 14.8. The number of rotatable bonds is 5. The number of piperidine rings is 1. The van der Waals surface area contributed by atoms with Gasteiger partial charge in [0.05, 0.1) is 0 Å². The molecule has 6 nitrogen and oxygen atoms in total. The maximum absolute atomic E-state index is 12.5. The highest BCUT2D eigenvalue weighted by molar-refractivity contribution is 5.76. The van der Waals surface area contributed by atoms with E-state index in [2.05, 4.69) is 26.7 Å². The Balaban J connectivity index is 1.55. The van der Waals surface area contributed by atoms with Crippen LogP contribution in [0.5, 0.6) is 0 Å². The molecule has 1 aliphatic heterocycles. The molecule has 0 bridgehead atoms. The molecule has 1 saturated heterocycles. The van der Waals surface area contributed by atoms with Gasteiger partial charge in [-0.3, -0.25) is 9.89 Å². The lowest BCUT2D eigenvalue weighted by Gasteiger charge is -2.32. The summed E-state index contributed by atoms with van der Waals surface area (Å²) in [5.41, 5.74) is 1.14. The number of hydrogen-bond donors (Lipinski definition) is 1. The smallest absolute Gasteiger partial charge is 0.224 e. The van der Waals surface area contributed by atoms with Gasteiger partial charge in [-0.15, -0.1) is 0 Å². The number of imidazole rings is 1. The average Bonchev–Trinajstić information content (AvgIpc) is 3.23. The topological polar surface area (TPSA) is 66.8 Å². The monoisotopic (exact) mass is 301 g/mol. The van der Waals surface area contributed by atoms with Gasteiger partial charge < -0.3 is 9.47 Å². The molecule has 2 aromatic rings. The van der Waals surface area contributed by atoms with Gasteiger partial charge in [-0.1, -0.05) is 6.92 Å². The molecular weight excluding hydrogens is 278 g/mol. The summed E-state index contributed by atoms with van der Waals surface area (Å²) in [4.78, 5) is 18.8. The molecule has 1 fully saturated rings. The normalized spacial score (nSPS) is 18.6. The van der Waals surface area contributed by atoms with Gasteiger partial charge >= 0.3 is 0 Å². The van der Waals surface area contributed by atoms with Gasteiger partial charge in [0.25, 0.3) is 0 Å². The number of aryl methyl sites for hydroxylation is 2. The number of carbonyl (C=O) groups is 1. The van der Waals surface area contributed by atoms with E-state index in [9.17, 15) is 4.79 Å². The molecular formula is C16H23N5O. The van der Waals surface area contributed by atoms with Crippen LogP contribution in [0.3, 0.4) is 0 Å². The van der Waals surface area contributed by atoms with E-state index >= 15 is 0 Å². The molecule has 22 heavy (non-hydrogen) atoms. The fourth-order valence-corrected chi connectivity index (χ4v) is 3.18. The number of aromatic nitrogens is 4. The van der Waals surface area contributed by atoms with E-state index in [1.165, 1.54) is 0 Å². The minimum absolute atomic E-state index is 0.236. The molecule has 118 valence electrons. The van der Waals surface area contributed by atoms with E-state index in [1.807, 2.05) is 17.2 Å². The molecule has 0 radical (unpaired) electrons. The molecule has 3 rings (SSSR count). The van der Waals surface area contributed by atoms with Gasteiger partial charge in [0.15, 0.2) is 0 Å². The van der Waals surface area contributed by atoms with Crippen LogP contribution in [0, 0.1) is 0 Å². The van der Waals surface area contributed by atoms with Gasteiger partial charge in [0, 0.05) is 62.7 Å². The van der Waals surface area contributed by atoms with Gasteiger partial charge in [-0.2, -0.15) is 5.10 Å². The van der Waals surface area contributed by atoms with E-state index in [-0.39, 0.29) is 5.91 Å². The summed E-state index contributed by atoms with van der Waals surface area (Å²) in [6.07, 6.45) is 9.15. The van der Waals surface area contributed by atoms with E-state index in [1.54, 1.807) is 12.4 Å². The number of nitrogens with zero attached hydrogens (tertiary/aromatic N) is 4. The SMILES string of the molecule is CCc1nccn1CCC(=O)N1CCC[C@@H](c2ccn[nH]2)C1. The van der Waals surface area contributed by atoms with Crippen molar-refractivity contribution in [2.75, 3.05) is 13.1 Å². The molecule has 1 amide bonds. The molecule has 1 aliphatic rings. The molecule has 0 unspecified atom stereocenters. The fourth-order valence-electron chi connectivity index (χ4n) is 3.18. The Bertz CT molecular complexity index is 604. The standard InChI is InChI=1S/C16H23N5O/c1-2-15-17-8-11-20(15)10-6-16(22)21-9-3-4-13(12-21)14-5-7-18-19-14/h5,7-8,11,13H,2-4,6,9-10,12H2,1H3,(H,18,19)/t13-/m1/s1. The van der Waals surface area contributed by atoms with Gasteiger partial charge in [0.1, 0.15) is 5.82 Å². The number of amides is 1. The van der Waals surface area contributed by atoms with Crippen molar-refractivity contribution in [1.29, 1.82) is 0 Å². The van der Waals surface area contributed by atoms with Gasteiger partial charge in [-0.05, 0) is 18.9 Å². The maximum Gasteiger partial charge on any atom is 0.224 e. The largest absolute Gasteiger partial charge is 0.342 e. The highest BCUT2D eigenvalue weighted by atomic mass is 16.2. The maximum atomic E-state index is 12.5. The van der Waals surface area contributed by atoms with Crippen LogP contribution >= 0.6 is 0 Å². The van der Waals surface area contributed by atoms with Crippen molar-refractivity contribution < 1.29 is 4.79 Å². The van der Waals surface area contributed by atoms with Crippen LogP contribution < -0.4 is 0 Å². The molecule has 0 aliphatic carbocycles. The summed E-state index contributed by atoms with van der Waals surface area (Å²) >= 11 is 0. The molecule has 3 heterocycles. The fraction of sp³-hybridized carbons (Fsp3) is 0.562. The van der Waals surface area contributed by atoms with E-state index in [0.717, 1.165) is 43.9 Å². The van der Waals surface area contributed by atoms with Crippen LogP contribution in [0.2, 0.25) is 0 Å².